The van der Waals surface area contributed by atoms with E-state index in [1.165, 1.54) is 7.11 Å². The van der Waals surface area contributed by atoms with E-state index in [9.17, 15) is 9.59 Å². The van der Waals surface area contributed by atoms with Crippen LogP contribution in [0, 0.1) is 0 Å². The number of carboxylic acids is 1. The Kier molecular flexibility index (Phi) is 2.36. The van der Waals surface area contributed by atoms with Gasteiger partial charge in [-0.1, -0.05) is 12.1 Å². The lowest BCUT2D eigenvalue weighted by Crippen LogP contribution is -2.06. The molecule has 82 valence electrons. The molecule has 1 N–H and O–H groups in total. The fourth-order valence-corrected chi connectivity index (χ4v) is 1.50. The molecule has 0 radical (unpaired) electrons. The highest BCUT2D eigenvalue weighted by atomic mass is 16.5. The van der Waals surface area contributed by atoms with Crippen LogP contribution < -0.4 is 10.4 Å². The fourth-order valence-electron chi connectivity index (χ4n) is 1.50. The molecule has 0 saturated carbocycles. The topological polar surface area (TPSA) is 76.7 Å². The number of carboxylic acid groups (broad SMARTS) is 1. The first kappa shape index (κ1) is 10.2. The van der Waals surface area contributed by atoms with Crippen molar-refractivity contribution in [1.29, 1.82) is 0 Å². The summed E-state index contributed by atoms with van der Waals surface area (Å²) in [6.07, 6.45) is 0. The summed E-state index contributed by atoms with van der Waals surface area (Å²) in [6, 6.07) is 5.73. The molecule has 0 aliphatic rings. The number of hydrogen-bond donors (Lipinski definition) is 1. The zero-order valence-corrected chi connectivity index (χ0v) is 8.39. The summed E-state index contributed by atoms with van der Waals surface area (Å²) in [5.41, 5.74) is -0.658. The molecule has 1 aromatic heterocycles. The lowest BCUT2D eigenvalue weighted by molar-refractivity contribution is 0.0698. The van der Waals surface area contributed by atoms with Gasteiger partial charge < -0.3 is 14.3 Å². The van der Waals surface area contributed by atoms with Crippen LogP contribution in [0.2, 0.25) is 0 Å². The van der Waals surface area contributed by atoms with Crippen LogP contribution in [0.15, 0.2) is 33.5 Å². The number of methoxy groups -OCH3 is 1. The Bertz CT molecular complexity index is 611. The van der Waals surface area contributed by atoms with Crippen molar-refractivity contribution in [1.82, 2.24) is 0 Å². The molecule has 1 aromatic carbocycles. The standard InChI is InChI=1S/C11H8O5/c1-15-8-4-2-3-6-7(11(13)14)5-9(12)16-10(6)8/h2-5H,1H3,(H,13,14). The first-order chi connectivity index (χ1) is 7.63. The SMILES string of the molecule is COc1cccc2c(C(=O)O)cc(=O)oc12. The molecule has 16 heavy (non-hydrogen) atoms. The molecule has 0 aliphatic carbocycles. The Hall–Kier alpha value is -2.30. The van der Waals surface area contributed by atoms with E-state index in [1.807, 2.05) is 0 Å². The van der Waals surface area contributed by atoms with Gasteiger partial charge in [-0.05, 0) is 6.07 Å². The zero-order valence-electron chi connectivity index (χ0n) is 8.39. The highest BCUT2D eigenvalue weighted by Gasteiger charge is 2.14. The van der Waals surface area contributed by atoms with Gasteiger partial charge in [0, 0.05) is 11.5 Å². The van der Waals surface area contributed by atoms with Gasteiger partial charge in [-0.25, -0.2) is 9.59 Å². The minimum absolute atomic E-state index is 0.0925. The average Bonchev–Trinajstić information content (AvgIpc) is 2.27. The van der Waals surface area contributed by atoms with Gasteiger partial charge in [0.25, 0.3) is 0 Å². The maximum absolute atomic E-state index is 11.2. The highest BCUT2D eigenvalue weighted by molar-refractivity contribution is 6.02. The number of para-hydroxylation sites is 1. The summed E-state index contributed by atoms with van der Waals surface area (Å²) < 4.78 is 9.92. The molecule has 0 amide bonds. The Labute approximate surface area is 89.9 Å². The number of rotatable bonds is 2. The highest BCUT2D eigenvalue weighted by Crippen LogP contribution is 2.26. The van der Waals surface area contributed by atoms with Gasteiger partial charge in [-0.15, -0.1) is 0 Å². The van der Waals surface area contributed by atoms with Gasteiger partial charge in [-0.3, -0.25) is 0 Å². The molecule has 2 aromatic rings. The van der Waals surface area contributed by atoms with E-state index in [1.54, 1.807) is 18.2 Å². The molecule has 0 atom stereocenters. The fraction of sp³-hybridized carbons (Fsp3) is 0.0909. The summed E-state index contributed by atoms with van der Waals surface area (Å²) in [5, 5.41) is 9.29. The number of ether oxygens (including phenoxy) is 1. The van der Waals surface area contributed by atoms with E-state index >= 15 is 0 Å². The van der Waals surface area contributed by atoms with Crippen molar-refractivity contribution in [2.45, 2.75) is 0 Å². The van der Waals surface area contributed by atoms with E-state index in [0.717, 1.165) is 6.07 Å². The largest absolute Gasteiger partial charge is 0.493 e. The van der Waals surface area contributed by atoms with Crippen molar-refractivity contribution in [2.75, 3.05) is 7.11 Å². The molecule has 5 heteroatoms. The van der Waals surface area contributed by atoms with E-state index < -0.39 is 11.6 Å². The number of fused-ring (bicyclic) bond motifs is 1. The predicted octanol–water partition coefficient (Wildman–Crippen LogP) is 1.50. The second kappa shape index (κ2) is 3.69. The van der Waals surface area contributed by atoms with Crippen molar-refractivity contribution in [3.05, 3.63) is 40.2 Å². The van der Waals surface area contributed by atoms with Crippen LogP contribution in [-0.4, -0.2) is 18.2 Å². The number of benzene rings is 1. The van der Waals surface area contributed by atoms with Crippen molar-refractivity contribution in [2.24, 2.45) is 0 Å². The first-order valence-corrected chi connectivity index (χ1v) is 4.47. The van der Waals surface area contributed by atoms with E-state index in [0.29, 0.717) is 11.1 Å². The van der Waals surface area contributed by atoms with Crippen molar-refractivity contribution in [3.8, 4) is 5.75 Å². The minimum Gasteiger partial charge on any atom is -0.493 e. The molecular formula is C11H8O5. The maximum atomic E-state index is 11.2. The summed E-state index contributed by atoms with van der Waals surface area (Å²) in [4.78, 5) is 22.1. The van der Waals surface area contributed by atoms with Crippen LogP contribution in [-0.2, 0) is 0 Å². The Morgan fingerprint density at radius 1 is 1.44 bits per heavy atom. The van der Waals surface area contributed by atoms with Gasteiger partial charge in [0.2, 0.25) is 0 Å². The quantitative estimate of drug-likeness (QED) is 0.776. The summed E-state index contributed by atoms with van der Waals surface area (Å²) in [5.74, 6) is -0.844. The maximum Gasteiger partial charge on any atom is 0.337 e. The second-order valence-electron chi connectivity index (χ2n) is 3.12. The van der Waals surface area contributed by atoms with Gasteiger partial charge in [0.05, 0.1) is 12.7 Å². The molecule has 0 saturated heterocycles. The first-order valence-electron chi connectivity index (χ1n) is 4.47. The van der Waals surface area contributed by atoms with Crippen LogP contribution in [0.25, 0.3) is 11.0 Å². The molecular weight excluding hydrogens is 212 g/mol. The predicted molar refractivity (Wildman–Crippen MR) is 56.0 cm³/mol. The number of aromatic carboxylic acids is 1. The number of hydrogen-bond acceptors (Lipinski definition) is 4. The van der Waals surface area contributed by atoms with Crippen LogP contribution in [0.1, 0.15) is 10.4 Å². The van der Waals surface area contributed by atoms with Crippen LogP contribution >= 0.6 is 0 Å². The van der Waals surface area contributed by atoms with Crippen molar-refractivity contribution >= 4 is 16.9 Å². The normalized spacial score (nSPS) is 10.3. The van der Waals surface area contributed by atoms with Gasteiger partial charge in [0.15, 0.2) is 11.3 Å². The van der Waals surface area contributed by atoms with Crippen LogP contribution in [0.4, 0.5) is 0 Å². The van der Waals surface area contributed by atoms with Crippen molar-refractivity contribution in [3.63, 3.8) is 0 Å². The molecule has 5 nitrogen and oxygen atoms in total. The van der Waals surface area contributed by atoms with E-state index in [2.05, 4.69) is 0 Å². The monoisotopic (exact) mass is 220 g/mol. The average molecular weight is 220 g/mol. The lowest BCUT2D eigenvalue weighted by Gasteiger charge is -2.04. The van der Waals surface area contributed by atoms with E-state index in [4.69, 9.17) is 14.3 Å². The van der Waals surface area contributed by atoms with Crippen molar-refractivity contribution < 1.29 is 19.1 Å². The van der Waals surface area contributed by atoms with Crippen LogP contribution in [0.3, 0.4) is 0 Å². The summed E-state index contributed by atoms with van der Waals surface area (Å²) in [6.45, 7) is 0. The second-order valence-corrected chi connectivity index (χ2v) is 3.12. The Morgan fingerprint density at radius 3 is 2.81 bits per heavy atom. The van der Waals surface area contributed by atoms with Crippen LogP contribution in [0.5, 0.6) is 5.75 Å². The van der Waals surface area contributed by atoms with E-state index in [-0.39, 0.29) is 11.1 Å². The van der Waals surface area contributed by atoms with Gasteiger partial charge in [-0.2, -0.15) is 0 Å². The minimum atomic E-state index is -1.17. The molecule has 0 fully saturated rings. The molecule has 0 bridgehead atoms. The molecule has 2 rings (SSSR count). The third-order valence-electron chi connectivity index (χ3n) is 2.18. The number of carbonyl (C=O) groups is 1. The smallest absolute Gasteiger partial charge is 0.337 e. The molecule has 0 spiro atoms. The van der Waals surface area contributed by atoms with Gasteiger partial charge >= 0.3 is 11.6 Å². The lowest BCUT2D eigenvalue weighted by atomic mass is 10.1. The Morgan fingerprint density at radius 2 is 2.19 bits per heavy atom. The Balaban J connectivity index is 2.94. The molecule has 0 aliphatic heterocycles. The third-order valence-corrected chi connectivity index (χ3v) is 2.18. The zero-order chi connectivity index (χ0) is 11.7. The molecule has 0 unspecified atom stereocenters. The summed E-state index contributed by atoms with van der Waals surface area (Å²) >= 11 is 0. The summed E-state index contributed by atoms with van der Waals surface area (Å²) in [7, 11) is 1.42. The van der Waals surface area contributed by atoms with Gasteiger partial charge in [0.1, 0.15) is 0 Å². The molecule has 1 heterocycles. The third kappa shape index (κ3) is 1.52.